The Morgan fingerprint density at radius 2 is 1.69 bits per heavy atom. The van der Waals surface area contributed by atoms with Crippen LogP contribution < -0.4 is 0 Å². The van der Waals surface area contributed by atoms with Crippen LogP contribution in [0.3, 0.4) is 0 Å². The Hall–Kier alpha value is 0.230. The minimum Gasteiger partial charge on any atom is -0.395 e. The fourth-order valence-electron chi connectivity index (χ4n) is 0.688. The molecule has 0 radical (unpaired) electrons. The van der Waals surface area contributed by atoms with Gasteiger partial charge in [-0.1, -0.05) is 22.6 Å². The molecule has 0 aliphatic rings. The van der Waals surface area contributed by atoms with Crippen LogP contribution in [0.2, 0.25) is 0 Å². The zero-order chi connectivity index (χ0) is 13.0. The molecule has 0 fully saturated rings. The van der Waals surface area contributed by atoms with Crippen molar-refractivity contribution in [2.75, 3.05) is 19.8 Å². The first-order valence-corrected chi connectivity index (χ1v) is 5.27. The average Bonchev–Trinajstić information content (AvgIpc) is 2.14. The van der Waals surface area contributed by atoms with E-state index in [1.807, 2.05) is 0 Å². The zero-order valence-electron chi connectivity index (χ0n) is 7.78. The van der Waals surface area contributed by atoms with Crippen LogP contribution in [0, 0.1) is 0 Å². The maximum atomic E-state index is 12.6. The lowest BCUT2D eigenvalue weighted by Crippen LogP contribution is -2.45. The van der Waals surface area contributed by atoms with Gasteiger partial charge in [0.15, 0.2) is 0 Å². The van der Waals surface area contributed by atoms with Crippen molar-refractivity contribution in [3.63, 3.8) is 0 Å². The molecule has 0 aromatic carbocycles. The Labute approximate surface area is 101 Å². The van der Waals surface area contributed by atoms with Crippen LogP contribution in [0.25, 0.3) is 0 Å². The first kappa shape index (κ1) is 16.2. The molecule has 2 unspecified atom stereocenters. The summed E-state index contributed by atoms with van der Waals surface area (Å²) in [4.78, 5) is 0. The third-order valence-corrected chi connectivity index (χ3v) is 2.20. The topological polar surface area (TPSA) is 29.5 Å². The summed E-state index contributed by atoms with van der Waals surface area (Å²) >= 11 is 1.65. The summed E-state index contributed by atoms with van der Waals surface area (Å²) in [6.45, 7) is -2.42. The van der Waals surface area contributed by atoms with Crippen molar-refractivity contribution in [1.82, 2.24) is 0 Å². The molecule has 0 aliphatic carbocycles. The largest absolute Gasteiger partial charge is 0.425 e. The standard InChI is InChI=1S/C7H9F6IO2/c8-5(7(11,12)13)6(9,10)3-16-2-4(14)1-15/h4-5,15H,1-3H2. The van der Waals surface area contributed by atoms with E-state index in [2.05, 4.69) is 4.74 Å². The van der Waals surface area contributed by atoms with Gasteiger partial charge in [0.25, 0.3) is 6.17 Å². The maximum Gasteiger partial charge on any atom is 0.425 e. The Bertz CT molecular complexity index is 210. The number of halogens is 7. The van der Waals surface area contributed by atoms with E-state index in [4.69, 9.17) is 5.11 Å². The summed E-state index contributed by atoms with van der Waals surface area (Å²) in [7, 11) is 0. The van der Waals surface area contributed by atoms with E-state index in [0.717, 1.165) is 0 Å². The number of rotatable bonds is 6. The van der Waals surface area contributed by atoms with Gasteiger partial charge >= 0.3 is 12.1 Å². The van der Waals surface area contributed by atoms with Gasteiger partial charge in [-0.3, -0.25) is 0 Å². The average molecular weight is 366 g/mol. The van der Waals surface area contributed by atoms with Crippen LogP contribution in [0.15, 0.2) is 0 Å². The van der Waals surface area contributed by atoms with E-state index in [9.17, 15) is 26.3 Å². The summed E-state index contributed by atoms with van der Waals surface area (Å²) in [6.07, 6.45) is -9.87. The third kappa shape index (κ3) is 5.53. The highest BCUT2D eigenvalue weighted by Crippen LogP contribution is 2.35. The van der Waals surface area contributed by atoms with Gasteiger partial charge in [0.05, 0.1) is 17.1 Å². The Morgan fingerprint density at radius 3 is 2.06 bits per heavy atom. The molecule has 1 N–H and O–H groups in total. The Balaban J connectivity index is 4.14. The lowest BCUT2D eigenvalue weighted by Gasteiger charge is -2.22. The molecule has 0 saturated carbocycles. The molecule has 98 valence electrons. The van der Waals surface area contributed by atoms with Crippen LogP contribution in [0.1, 0.15) is 0 Å². The number of aliphatic hydroxyl groups is 1. The van der Waals surface area contributed by atoms with Crippen molar-refractivity contribution in [3.8, 4) is 0 Å². The molecule has 9 heteroatoms. The molecular formula is C7H9F6IO2. The lowest BCUT2D eigenvalue weighted by atomic mass is 10.2. The quantitative estimate of drug-likeness (QED) is 0.444. The second-order valence-corrected chi connectivity index (χ2v) is 4.72. The summed E-state index contributed by atoms with van der Waals surface area (Å²) in [6, 6.07) is 0. The van der Waals surface area contributed by atoms with Crippen LogP contribution >= 0.6 is 22.6 Å². The predicted molar refractivity (Wildman–Crippen MR) is 51.6 cm³/mol. The molecule has 0 heterocycles. The highest BCUT2D eigenvalue weighted by atomic mass is 127. The number of hydrogen-bond donors (Lipinski definition) is 1. The van der Waals surface area contributed by atoms with Gasteiger partial charge in [-0.15, -0.1) is 0 Å². The number of hydrogen-bond acceptors (Lipinski definition) is 2. The highest BCUT2D eigenvalue weighted by Gasteiger charge is 2.56. The maximum absolute atomic E-state index is 12.6. The van der Waals surface area contributed by atoms with E-state index in [0.29, 0.717) is 0 Å². The normalized spacial score (nSPS) is 17.2. The van der Waals surface area contributed by atoms with Crippen molar-refractivity contribution in [1.29, 1.82) is 0 Å². The molecule has 16 heavy (non-hydrogen) atoms. The lowest BCUT2D eigenvalue weighted by molar-refractivity contribution is -0.255. The van der Waals surface area contributed by atoms with Gasteiger partial charge in [-0.2, -0.15) is 13.2 Å². The zero-order valence-corrected chi connectivity index (χ0v) is 9.93. The van der Waals surface area contributed by atoms with E-state index in [-0.39, 0.29) is 13.2 Å². The first-order chi connectivity index (χ1) is 7.11. The van der Waals surface area contributed by atoms with Crippen molar-refractivity contribution in [2.45, 2.75) is 22.2 Å². The SMILES string of the molecule is OCC(I)COCC(F)(F)C(F)C(F)(F)F. The summed E-state index contributed by atoms with van der Waals surface area (Å²) < 4.78 is 76.1. The summed E-state index contributed by atoms with van der Waals surface area (Å²) in [5.41, 5.74) is 0. The molecule has 0 aliphatic heterocycles. The monoisotopic (exact) mass is 366 g/mol. The minimum absolute atomic E-state index is 0.371. The first-order valence-electron chi connectivity index (χ1n) is 4.02. The van der Waals surface area contributed by atoms with Crippen LogP contribution in [-0.2, 0) is 4.74 Å². The van der Waals surface area contributed by atoms with Crippen molar-refractivity contribution in [2.24, 2.45) is 0 Å². The van der Waals surface area contributed by atoms with Crippen molar-refractivity contribution >= 4 is 22.6 Å². The van der Waals surface area contributed by atoms with Crippen molar-refractivity contribution < 1.29 is 36.2 Å². The fourth-order valence-corrected chi connectivity index (χ4v) is 0.942. The molecular weight excluding hydrogens is 357 g/mol. The molecule has 0 aromatic heterocycles. The van der Waals surface area contributed by atoms with Crippen LogP contribution in [0.4, 0.5) is 26.3 Å². The fraction of sp³-hybridized carbons (Fsp3) is 1.00. The van der Waals surface area contributed by atoms with Gasteiger partial charge < -0.3 is 9.84 Å². The number of ether oxygens (including phenoxy) is 1. The van der Waals surface area contributed by atoms with Gasteiger partial charge in [0.2, 0.25) is 0 Å². The number of alkyl halides is 7. The molecule has 0 amide bonds. The van der Waals surface area contributed by atoms with E-state index in [1.165, 1.54) is 0 Å². The van der Waals surface area contributed by atoms with E-state index >= 15 is 0 Å². The molecule has 2 atom stereocenters. The van der Waals surface area contributed by atoms with Gasteiger partial charge in [-0.05, 0) is 0 Å². The van der Waals surface area contributed by atoms with Gasteiger partial charge in [0.1, 0.15) is 6.61 Å². The summed E-state index contributed by atoms with van der Waals surface area (Å²) in [5.74, 6) is -4.62. The second-order valence-electron chi connectivity index (χ2n) is 2.96. The molecule has 0 rings (SSSR count). The van der Waals surface area contributed by atoms with Crippen LogP contribution in [0.5, 0.6) is 0 Å². The third-order valence-electron chi connectivity index (χ3n) is 1.45. The molecule has 0 bridgehead atoms. The molecule has 0 saturated heterocycles. The van der Waals surface area contributed by atoms with Gasteiger partial charge in [-0.25, -0.2) is 13.2 Å². The molecule has 0 spiro atoms. The Kier molecular flexibility index (Phi) is 6.33. The second kappa shape index (κ2) is 6.24. The predicted octanol–water partition coefficient (Wildman–Crippen LogP) is 2.33. The minimum atomic E-state index is -5.62. The van der Waals surface area contributed by atoms with E-state index in [1.54, 1.807) is 22.6 Å². The summed E-state index contributed by atoms with van der Waals surface area (Å²) in [5, 5.41) is 8.47. The Morgan fingerprint density at radius 1 is 1.19 bits per heavy atom. The van der Waals surface area contributed by atoms with E-state index < -0.39 is 28.8 Å². The molecule has 2 nitrogen and oxygen atoms in total. The number of aliphatic hydroxyl groups excluding tert-OH is 1. The highest BCUT2D eigenvalue weighted by molar-refractivity contribution is 14.1. The smallest absolute Gasteiger partial charge is 0.395 e. The van der Waals surface area contributed by atoms with Crippen LogP contribution in [-0.4, -0.2) is 47.1 Å². The molecule has 0 aromatic rings. The van der Waals surface area contributed by atoms with Crippen molar-refractivity contribution in [3.05, 3.63) is 0 Å². The van der Waals surface area contributed by atoms with Gasteiger partial charge in [0, 0.05) is 0 Å².